The molecule has 1 saturated carbocycles. The Morgan fingerprint density at radius 3 is 2.59 bits per heavy atom. The molecule has 2 unspecified atom stereocenters. The lowest BCUT2D eigenvalue weighted by Gasteiger charge is -2.19. The molecule has 1 amide bonds. The van der Waals surface area contributed by atoms with Crippen LogP contribution in [0.5, 0.6) is 0 Å². The van der Waals surface area contributed by atoms with E-state index < -0.39 is 0 Å². The van der Waals surface area contributed by atoms with Gasteiger partial charge in [0.15, 0.2) is 0 Å². The number of carbonyl (C=O) groups excluding carboxylic acids is 1. The van der Waals surface area contributed by atoms with E-state index in [1.807, 2.05) is 0 Å². The quantitative estimate of drug-likeness (QED) is 0.794. The van der Waals surface area contributed by atoms with Gasteiger partial charge >= 0.3 is 0 Å². The third-order valence-corrected chi connectivity index (χ3v) is 4.52. The maximum absolute atomic E-state index is 11.6. The van der Waals surface area contributed by atoms with Crippen molar-refractivity contribution >= 4 is 17.7 Å². The molecule has 1 aliphatic carbocycles. The van der Waals surface area contributed by atoms with Gasteiger partial charge in [-0.1, -0.05) is 27.2 Å². The minimum Gasteiger partial charge on any atom is -0.396 e. The minimum atomic E-state index is 0.119. The molecule has 0 aromatic rings. The second-order valence-electron chi connectivity index (χ2n) is 5.84. The average Bonchev–Trinajstić information content (AvgIpc) is 2.69. The number of hydrogen-bond acceptors (Lipinski definition) is 3. The number of carbonyl (C=O) groups is 1. The fraction of sp³-hybridized carbons (Fsp3) is 0.923. The van der Waals surface area contributed by atoms with E-state index in [9.17, 15) is 9.90 Å². The van der Waals surface area contributed by atoms with Gasteiger partial charge < -0.3 is 10.4 Å². The Hall–Kier alpha value is -0.220. The molecular formula is C13H25NO2S. The van der Waals surface area contributed by atoms with Gasteiger partial charge in [0.1, 0.15) is 0 Å². The van der Waals surface area contributed by atoms with Gasteiger partial charge in [-0.3, -0.25) is 4.79 Å². The molecule has 100 valence electrons. The molecule has 17 heavy (non-hydrogen) atoms. The summed E-state index contributed by atoms with van der Waals surface area (Å²) >= 11 is 1.67. The highest BCUT2D eigenvalue weighted by molar-refractivity contribution is 8.01. The van der Waals surface area contributed by atoms with E-state index in [0.29, 0.717) is 17.6 Å². The molecule has 0 heterocycles. The summed E-state index contributed by atoms with van der Waals surface area (Å²) in [7, 11) is 0. The molecule has 0 saturated heterocycles. The molecule has 1 rings (SSSR count). The van der Waals surface area contributed by atoms with Crippen LogP contribution in [0, 0.1) is 11.8 Å². The summed E-state index contributed by atoms with van der Waals surface area (Å²) in [5.74, 6) is 1.52. The Labute approximate surface area is 109 Å². The number of rotatable bonds is 5. The minimum absolute atomic E-state index is 0.119. The van der Waals surface area contributed by atoms with Crippen LogP contribution in [-0.4, -0.2) is 34.7 Å². The van der Waals surface area contributed by atoms with Crippen molar-refractivity contribution in [3.05, 3.63) is 0 Å². The molecule has 1 fully saturated rings. The fourth-order valence-corrected chi connectivity index (χ4v) is 2.87. The van der Waals surface area contributed by atoms with E-state index in [0.717, 1.165) is 19.4 Å². The standard InChI is InChI=1S/C13H25NO2S/c1-13(2,3)17-9-12(16)14-7-10-5-4-6-11(10)8-15/h10-11,15H,4-9H2,1-3H3,(H,14,16). The predicted octanol–water partition coefficient (Wildman–Crippen LogP) is 2.04. The zero-order chi connectivity index (χ0) is 12.9. The predicted molar refractivity (Wildman–Crippen MR) is 73.1 cm³/mol. The zero-order valence-electron chi connectivity index (χ0n) is 11.2. The van der Waals surface area contributed by atoms with Crippen LogP contribution in [0.3, 0.4) is 0 Å². The van der Waals surface area contributed by atoms with Crippen LogP contribution in [0.4, 0.5) is 0 Å². The molecule has 0 aromatic carbocycles. The first-order chi connectivity index (χ1) is 7.92. The molecule has 1 aliphatic rings. The van der Waals surface area contributed by atoms with Crippen molar-refractivity contribution in [1.82, 2.24) is 5.32 Å². The Bertz CT molecular complexity index is 250. The summed E-state index contributed by atoms with van der Waals surface area (Å²) in [6.07, 6.45) is 3.42. The second-order valence-corrected chi connectivity index (χ2v) is 7.64. The Kier molecular flexibility index (Phi) is 5.80. The lowest BCUT2D eigenvalue weighted by molar-refractivity contribution is -0.118. The lowest BCUT2D eigenvalue weighted by atomic mass is 9.97. The topological polar surface area (TPSA) is 49.3 Å². The van der Waals surface area contributed by atoms with Crippen LogP contribution in [0.15, 0.2) is 0 Å². The summed E-state index contributed by atoms with van der Waals surface area (Å²) in [6.45, 7) is 7.34. The molecule has 0 aliphatic heterocycles. The van der Waals surface area contributed by atoms with Gasteiger partial charge in [0, 0.05) is 17.9 Å². The number of aliphatic hydroxyl groups excluding tert-OH is 1. The van der Waals surface area contributed by atoms with Gasteiger partial charge in [-0.2, -0.15) is 0 Å². The first kappa shape index (κ1) is 14.8. The molecule has 0 radical (unpaired) electrons. The first-order valence-electron chi connectivity index (χ1n) is 6.44. The van der Waals surface area contributed by atoms with Gasteiger partial charge in [-0.15, -0.1) is 11.8 Å². The van der Waals surface area contributed by atoms with E-state index >= 15 is 0 Å². The zero-order valence-corrected chi connectivity index (χ0v) is 12.0. The van der Waals surface area contributed by atoms with Crippen LogP contribution in [-0.2, 0) is 4.79 Å². The molecule has 2 N–H and O–H groups in total. The third-order valence-electron chi connectivity index (χ3n) is 3.25. The van der Waals surface area contributed by atoms with Crippen LogP contribution < -0.4 is 5.32 Å². The summed E-state index contributed by atoms with van der Waals surface area (Å²) in [5, 5.41) is 12.2. The molecule has 4 heteroatoms. The van der Waals surface area contributed by atoms with Gasteiger partial charge in [0.25, 0.3) is 0 Å². The van der Waals surface area contributed by atoms with Gasteiger partial charge in [0.2, 0.25) is 5.91 Å². The monoisotopic (exact) mass is 259 g/mol. The number of nitrogens with one attached hydrogen (secondary N) is 1. The van der Waals surface area contributed by atoms with Crippen molar-refractivity contribution in [3.63, 3.8) is 0 Å². The van der Waals surface area contributed by atoms with Crippen LogP contribution in [0.1, 0.15) is 40.0 Å². The molecule has 0 bridgehead atoms. The Morgan fingerprint density at radius 1 is 1.35 bits per heavy atom. The van der Waals surface area contributed by atoms with Crippen molar-refractivity contribution in [2.45, 2.75) is 44.8 Å². The SMILES string of the molecule is CC(C)(C)SCC(=O)NCC1CCCC1CO. The first-order valence-corrected chi connectivity index (χ1v) is 7.42. The van der Waals surface area contributed by atoms with Gasteiger partial charge in [0.05, 0.1) is 5.75 Å². The molecular weight excluding hydrogens is 234 g/mol. The van der Waals surface area contributed by atoms with Crippen molar-refractivity contribution < 1.29 is 9.90 Å². The number of thioether (sulfide) groups is 1. The van der Waals surface area contributed by atoms with E-state index in [-0.39, 0.29) is 17.3 Å². The van der Waals surface area contributed by atoms with Gasteiger partial charge in [-0.05, 0) is 24.7 Å². The van der Waals surface area contributed by atoms with Crippen molar-refractivity contribution in [1.29, 1.82) is 0 Å². The van der Waals surface area contributed by atoms with E-state index in [1.165, 1.54) is 6.42 Å². The molecule has 3 nitrogen and oxygen atoms in total. The highest BCUT2D eigenvalue weighted by Crippen LogP contribution is 2.30. The second kappa shape index (κ2) is 6.64. The summed E-state index contributed by atoms with van der Waals surface area (Å²) in [5.41, 5.74) is 0. The third kappa shape index (κ3) is 5.77. The fourth-order valence-electron chi connectivity index (χ4n) is 2.20. The number of amides is 1. The van der Waals surface area contributed by atoms with Crippen molar-refractivity contribution in [2.75, 3.05) is 18.9 Å². The number of aliphatic hydroxyl groups is 1. The van der Waals surface area contributed by atoms with E-state index in [1.54, 1.807) is 11.8 Å². The maximum Gasteiger partial charge on any atom is 0.230 e. The maximum atomic E-state index is 11.6. The molecule has 0 aromatic heterocycles. The summed E-state index contributed by atoms with van der Waals surface area (Å²) < 4.78 is 0.137. The average molecular weight is 259 g/mol. The lowest BCUT2D eigenvalue weighted by Crippen LogP contribution is -2.33. The van der Waals surface area contributed by atoms with E-state index in [2.05, 4.69) is 26.1 Å². The molecule has 0 spiro atoms. The Morgan fingerprint density at radius 2 is 2.00 bits per heavy atom. The van der Waals surface area contributed by atoms with Crippen molar-refractivity contribution in [3.8, 4) is 0 Å². The largest absolute Gasteiger partial charge is 0.396 e. The van der Waals surface area contributed by atoms with Crippen LogP contribution in [0.25, 0.3) is 0 Å². The highest BCUT2D eigenvalue weighted by atomic mass is 32.2. The molecule has 2 atom stereocenters. The highest BCUT2D eigenvalue weighted by Gasteiger charge is 2.26. The van der Waals surface area contributed by atoms with Crippen LogP contribution in [0.2, 0.25) is 0 Å². The van der Waals surface area contributed by atoms with E-state index in [4.69, 9.17) is 0 Å². The van der Waals surface area contributed by atoms with Crippen molar-refractivity contribution in [2.24, 2.45) is 11.8 Å². The summed E-state index contributed by atoms with van der Waals surface area (Å²) in [4.78, 5) is 11.6. The summed E-state index contributed by atoms with van der Waals surface area (Å²) in [6, 6.07) is 0. The van der Waals surface area contributed by atoms with Gasteiger partial charge in [-0.25, -0.2) is 0 Å². The van der Waals surface area contributed by atoms with Crippen LogP contribution >= 0.6 is 11.8 Å². The smallest absolute Gasteiger partial charge is 0.230 e. The normalized spacial score (nSPS) is 24.9. The Balaban J connectivity index is 2.19. The number of hydrogen-bond donors (Lipinski definition) is 2.